The average Bonchev–Trinajstić information content (AvgIpc) is 2.86. The second kappa shape index (κ2) is 6.05. The number of alkyl halides is 1. The number of rotatable bonds is 5. The molecule has 1 fully saturated rings. The molecule has 0 saturated carbocycles. The predicted molar refractivity (Wildman–Crippen MR) is 68.7 cm³/mol. The van der Waals surface area contributed by atoms with Gasteiger partial charge >= 0.3 is 0 Å². The van der Waals surface area contributed by atoms with E-state index in [9.17, 15) is 4.39 Å². The van der Waals surface area contributed by atoms with Crippen molar-refractivity contribution in [3.8, 4) is 11.5 Å². The minimum absolute atomic E-state index is 0.195. The molecule has 1 aliphatic heterocycles. The van der Waals surface area contributed by atoms with Crippen LogP contribution in [0.5, 0.6) is 11.5 Å². The van der Waals surface area contributed by atoms with E-state index in [1.165, 1.54) is 0 Å². The van der Waals surface area contributed by atoms with E-state index >= 15 is 0 Å². The number of aromatic hydroxyl groups is 1. The van der Waals surface area contributed by atoms with Gasteiger partial charge in [-0.05, 0) is 44.2 Å². The lowest BCUT2D eigenvalue weighted by atomic mass is 10.1. The van der Waals surface area contributed by atoms with Crippen molar-refractivity contribution < 1.29 is 14.2 Å². The van der Waals surface area contributed by atoms with Crippen LogP contribution in [0, 0.1) is 5.92 Å². The Bertz CT molecular complexity index is 369. The average molecular weight is 253 g/mol. The molecule has 0 aliphatic carbocycles. The van der Waals surface area contributed by atoms with Gasteiger partial charge in [0.2, 0.25) is 0 Å². The largest absolute Gasteiger partial charge is 0.508 e. The fraction of sp³-hybridized carbons (Fsp3) is 0.571. The summed E-state index contributed by atoms with van der Waals surface area (Å²) in [7, 11) is 0. The first kappa shape index (κ1) is 13.1. The van der Waals surface area contributed by atoms with Gasteiger partial charge in [-0.15, -0.1) is 0 Å². The third kappa shape index (κ3) is 3.35. The van der Waals surface area contributed by atoms with E-state index in [1.54, 1.807) is 24.3 Å². The van der Waals surface area contributed by atoms with Crippen molar-refractivity contribution in [2.75, 3.05) is 26.4 Å². The number of phenols is 1. The number of likely N-dealkylation sites (tertiary alicyclic amines) is 1. The molecule has 0 spiro atoms. The van der Waals surface area contributed by atoms with Crippen LogP contribution in [0.3, 0.4) is 0 Å². The number of ether oxygens (including phenoxy) is 1. The summed E-state index contributed by atoms with van der Waals surface area (Å²) in [5.74, 6) is 1.18. The Labute approximate surface area is 107 Å². The zero-order valence-electron chi connectivity index (χ0n) is 10.7. The van der Waals surface area contributed by atoms with Crippen LogP contribution in [-0.4, -0.2) is 42.4 Å². The van der Waals surface area contributed by atoms with Crippen LogP contribution in [0.2, 0.25) is 0 Å². The smallest absolute Gasteiger partial charge is 0.119 e. The Morgan fingerprint density at radius 3 is 2.78 bits per heavy atom. The summed E-state index contributed by atoms with van der Waals surface area (Å²) in [4.78, 5) is 2.27. The van der Waals surface area contributed by atoms with Gasteiger partial charge in [-0.3, -0.25) is 9.29 Å². The minimum Gasteiger partial charge on any atom is -0.508 e. The molecule has 2 rings (SSSR count). The summed E-state index contributed by atoms with van der Waals surface area (Å²) in [6, 6.07) is 6.99. The number of nitrogens with zero attached hydrogens (tertiary/aromatic N) is 1. The maximum absolute atomic E-state index is 12.5. The highest BCUT2D eigenvalue weighted by atomic mass is 19.1. The van der Waals surface area contributed by atoms with Gasteiger partial charge in [-0.25, -0.2) is 0 Å². The highest BCUT2D eigenvalue weighted by Gasteiger charge is 2.26. The van der Waals surface area contributed by atoms with Gasteiger partial charge in [0.25, 0.3) is 0 Å². The lowest BCUT2D eigenvalue weighted by Gasteiger charge is -2.24. The van der Waals surface area contributed by atoms with Crippen LogP contribution >= 0.6 is 0 Å². The summed E-state index contributed by atoms with van der Waals surface area (Å²) in [6.07, 6.45) is 0.944. The molecular formula is C14H20FNO2. The molecule has 1 saturated heterocycles. The zero-order valence-corrected chi connectivity index (χ0v) is 10.7. The monoisotopic (exact) mass is 253 g/mol. The molecule has 1 heterocycles. The van der Waals surface area contributed by atoms with Crippen LogP contribution in [0.4, 0.5) is 4.39 Å². The van der Waals surface area contributed by atoms with Crippen LogP contribution < -0.4 is 4.74 Å². The Morgan fingerprint density at radius 2 is 2.17 bits per heavy atom. The van der Waals surface area contributed by atoms with Crippen LogP contribution in [0.25, 0.3) is 0 Å². The quantitative estimate of drug-likeness (QED) is 0.875. The maximum Gasteiger partial charge on any atom is 0.119 e. The van der Waals surface area contributed by atoms with Crippen molar-refractivity contribution in [2.45, 2.75) is 19.4 Å². The van der Waals surface area contributed by atoms with Gasteiger partial charge in [-0.2, -0.15) is 0 Å². The number of benzene rings is 1. The van der Waals surface area contributed by atoms with E-state index in [4.69, 9.17) is 9.84 Å². The van der Waals surface area contributed by atoms with E-state index < -0.39 is 0 Å². The SMILES string of the molecule is CC(COc1ccc(O)cc1)N1CCC(CF)C1. The van der Waals surface area contributed by atoms with E-state index in [0.29, 0.717) is 6.61 Å². The van der Waals surface area contributed by atoms with Crippen LogP contribution in [0.1, 0.15) is 13.3 Å². The highest BCUT2D eigenvalue weighted by molar-refractivity contribution is 5.30. The van der Waals surface area contributed by atoms with Gasteiger partial charge in [-0.1, -0.05) is 0 Å². The van der Waals surface area contributed by atoms with Crippen molar-refractivity contribution in [2.24, 2.45) is 5.92 Å². The molecule has 2 atom stereocenters. The van der Waals surface area contributed by atoms with Gasteiger partial charge in [0.15, 0.2) is 0 Å². The van der Waals surface area contributed by atoms with Gasteiger partial charge < -0.3 is 9.84 Å². The first-order valence-corrected chi connectivity index (χ1v) is 6.41. The number of halogens is 1. The van der Waals surface area contributed by atoms with E-state index in [2.05, 4.69) is 11.8 Å². The Morgan fingerprint density at radius 1 is 1.44 bits per heavy atom. The van der Waals surface area contributed by atoms with E-state index in [-0.39, 0.29) is 24.4 Å². The molecule has 1 aromatic carbocycles. The topological polar surface area (TPSA) is 32.7 Å². The first-order chi connectivity index (χ1) is 8.69. The van der Waals surface area contributed by atoms with E-state index in [0.717, 1.165) is 25.3 Å². The fourth-order valence-electron chi connectivity index (χ4n) is 2.25. The van der Waals surface area contributed by atoms with Crippen molar-refractivity contribution >= 4 is 0 Å². The molecule has 1 N–H and O–H groups in total. The van der Waals surface area contributed by atoms with Crippen LogP contribution in [-0.2, 0) is 0 Å². The first-order valence-electron chi connectivity index (χ1n) is 6.41. The molecular weight excluding hydrogens is 233 g/mol. The van der Waals surface area contributed by atoms with Gasteiger partial charge in [0.05, 0.1) is 6.67 Å². The number of hydrogen-bond donors (Lipinski definition) is 1. The van der Waals surface area contributed by atoms with Crippen molar-refractivity contribution in [3.63, 3.8) is 0 Å². The number of hydrogen-bond acceptors (Lipinski definition) is 3. The van der Waals surface area contributed by atoms with Gasteiger partial charge in [0, 0.05) is 18.5 Å². The number of phenolic OH excluding ortho intramolecular Hbond substituents is 1. The second-order valence-corrected chi connectivity index (χ2v) is 4.96. The normalized spacial score (nSPS) is 22.0. The summed E-state index contributed by atoms with van der Waals surface area (Å²) in [6.45, 7) is 4.25. The molecule has 0 amide bonds. The Balaban J connectivity index is 1.78. The fourth-order valence-corrected chi connectivity index (χ4v) is 2.25. The lowest BCUT2D eigenvalue weighted by Crippen LogP contribution is -2.35. The molecule has 1 aliphatic rings. The summed E-state index contributed by atoms with van der Waals surface area (Å²) in [5.41, 5.74) is 0. The van der Waals surface area contributed by atoms with Crippen molar-refractivity contribution in [3.05, 3.63) is 24.3 Å². The highest BCUT2D eigenvalue weighted by Crippen LogP contribution is 2.20. The van der Waals surface area contributed by atoms with E-state index in [1.807, 2.05) is 0 Å². The molecule has 100 valence electrons. The zero-order chi connectivity index (χ0) is 13.0. The summed E-state index contributed by atoms with van der Waals surface area (Å²) in [5, 5.41) is 9.16. The standard InChI is InChI=1S/C14H20FNO2/c1-11(16-7-6-12(8-15)9-16)10-18-14-4-2-13(17)3-5-14/h2-5,11-12,17H,6-10H2,1H3. The summed E-state index contributed by atoms with van der Waals surface area (Å²) < 4.78 is 18.2. The minimum atomic E-state index is -0.220. The lowest BCUT2D eigenvalue weighted by molar-refractivity contribution is 0.165. The predicted octanol–water partition coefficient (Wildman–Crippen LogP) is 2.45. The molecule has 1 aromatic rings. The second-order valence-electron chi connectivity index (χ2n) is 4.96. The molecule has 3 nitrogen and oxygen atoms in total. The van der Waals surface area contributed by atoms with Crippen LogP contribution in [0.15, 0.2) is 24.3 Å². The third-order valence-electron chi connectivity index (χ3n) is 3.49. The Kier molecular flexibility index (Phi) is 4.42. The van der Waals surface area contributed by atoms with Crippen molar-refractivity contribution in [1.82, 2.24) is 4.90 Å². The maximum atomic E-state index is 12.5. The third-order valence-corrected chi connectivity index (χ3v) is 3.49. The molecule has 0 radical (unpaired) electrons. The molecule has 4 heteroatoms. The molecule has 2 unspecified atom stereocenters. The molecule has 0 aromatic heterocycles. The molecule has 0 bridgehead atoms. The molecule has 18 heavy (non-hydrogen) atoms. The Hall–Kier alpha value is -1.29. The van der Waals surface area contributed by atoms with Crippen molar-refractivity contribution in [1.29, 1.82) is 0 Å². The summed E-state index contributed by atoms with van der Waals surface area (Å²) >= 11 is 0. The van der Waals surface area contributed by atoms with Gasteiger partial charge in [0.1, 0.15) is 18.1 Å².